The van der Waals surface area contributed by atoms with Gasteiger partial charge in [-0.2, -0.15) is 0 Å². The summed E-state index contributed by atoms with van der Waals surface area (Å²) in [6.45, 7) is 4.67. The molecule has 0 aliphatic carbocycles. The maximum absolute atomic E-state index is 5.59. The standard InChI is InChI=1S/C17H23N5O/c1-4-23-12-6-7-14-13(10-12)15-16(21-14)17(20-11-19-15)18-8-5-9-22(2)3/h6-7,10-11,21H,4-5,8-9H2,1-3H3,(H,18,19,20)/p+1. The number of aromatic amines is 1. The van der Waals surface area contributed by atoms with E-state index in [9.17, 15) is 0 Å². The maximum atomic E-state index is 5.59. The largest absolute Gasteiger partial charge is 0.494 e. The van der Waals surface area contributed by atoms with Crippen molar-refractivity contribution in [2.45, 2.75) is 13.3 Å². The average molecular weight is 314 g/mol. The van der Waals surface area contributed by atoms with Gasteiger partial charge in [-0.3, -0.25) is 0 Å². The molecule has 0 radical (unpaired) electrons. The van der Waals surface area contributed by atoms with Gasteiger partial charge < -0.3 is 19.9 Å². The fourth-order valence-corrected chi connectivity index (χ4v) is 2.71. The number of ether oxygens (including phenoxy) is 1. The smallest absolute Gasteiger partial charge is 0.153 e. The predicted molar refractivity (Wildman–Crippen MR) is 93.3 cm³/mol. The fraction of sp³-hybridized carbons (Fsp3) is 0.412. The van der Waals surface area contributed by atoms with Gasteiger partial charge in [0.15, 0.2) is 5.82 Å². The SMILES string of the molecule is CCOc1ccc2[nH]c3c(NCCC[NH+](C)C)ncnc3c2c1. The van der Waals surface area contributed by atoms with Crippen LogP contribution in [0.2, 0.25) is 0 Å². The number of hydrogen-bond donors (Lipinski definition) is 3. The molecule has 2 heterocycles. The lowest BCUT2D eigenvalue weighted by Crippen LogP contribution is -3.05. The highest BCUT2D eigenvalue weighted by atomic mass is 16.5. The molecule has 0 unspecified atom stereocenters. The van der Waals surface area contributed by atoms with E-state index in [1.54, 1.807) is 6.33 Å². The summed E-state index contributed by atoms with van der Waals surface area (Å²) in [7, 11) is 4.33. The van der Waals surface area contributed by atoms with E-state index in [1.165, 1.54) is 4.90 Å². The summed E-state index contributed by atoms with van der Waals surface area (Å²) in [5.41, 5.74) is 2.93. The second kappa shape index (κ2) is 6.83. The number of rotatable bonds is 7. The number of fused-ring (bicyclic) bond motifs is 3. The number of nitrogens with zero attached hydrogens (tertiary/aromatic N) is 2. The number of benzene rings is 1. The van der Waals surface area contributed by atoms with Crippen molar-refractivity contribution in [3.63, 3.8) is 0 Å². The summed E-state index contributed by atoms with van der Waals surface area (Å²) >= 11 is 0. The fourth-order valence-electron chi connectivity index (χ4n) is 2.71. The molecule has 2 aromatic heterocycles. The summed E-state index contributed by atoms with van der Waals surface area (Å²) < 4.78 is 5.59. The minimum Gasteiger partial charge on any atom is -0.494 e. The number of nitrogens with one attached hydrogen (secondary N) is 3. The molecular formula is C17H24N5O+. The molecule has 6 nitrogen and oxygen atoms in total. The molecule has 0 aliphatic rings. The number of H-pyrrole nitrogens is 1. The zero-order valence-electron chi connectivity index (χ0n) is 13.9. The monoisotopic (exact) mass is 314 g/mol. The first-order valence-electron chi connectivity index (χ1n) is 8.11. The molecule has 0 spiro atoms. The maximum Gasteiger partial charge on any atom is 0.153 e. The molecule has 0 amide bonds. The van der Waals surface area contributed by atoms with Gasteiger partial charge in [0, 0.05) is 23.9 Å². The molecule has 3 rings (SSSR count). The van der Waals surface area contributed by atoms with Gasteiger partial charge in [-0.15, -0.1) is 0 Å². The Morgan fingerprint density at radius 2 is 2.13 bits per heavy atom. The Morgan fingerprint density at radius 1 is 1.26 bits per heavy atom. The molecule has 0 saturated heterocycles. The van der Waals surface area contributed by atoms with Crippen molar-refractivity contribution >= 4 is 27.8 Å². The zero-order chi connectivity index (χ0) is 16.2. The van der Waals surface area contributed by atoms with Gasteiger partial charge in [0.25, 0.3) is 0 Å². The summed E-state index contributed by atoms with van der Waals surface area (Å²) in [4.78, 5) is 13.7. The highest BCUT2D eigenvalue weighted by Crippen LogP contribution is 2.29. The Morgan fingerprint density at radius 3 is 2.91 bits per heavy atom. The van der Waals surface area contributed by atoms with Crippen molar-refractivity contribution in [2.24, 2.45) is 0 Å². The lowest BCUT2D eigenvalue weighted by molar-refractivity contribution is -0.858. The van der Waals surface area contributed by atoms with Gasteiger partial charge in [-0.05, 0) is 25.1 Å². The van der Waals surface area contributed by atoms with Gasteiger partial charge in [-0.1, -0.05) is 0 Å². The van der Waals surface area contributed by atoms with E-state index >= 15 is 0 Å². The molecule has 0 fully saturated rings. The third-order valence-corrected chi connectivity index (χ3v) is 3.81. The molecule has 3 aromatic rings. The van der Waals surface area contributed by atoms with Crippen LogP contribution in [0.5, 0.6) is 5.75 Å². The van der Waals surface area contributed by atoms with Crippen molar-refractivity contribution in [1.29, 1.82) is 0 Å². The van der Waals surface area contributed by atoms with Gasteiger partial charge in [0.1, 0.15) is 23.1 Å². The second-order valence-electron chi connectivity index (χ2n) is 5.95. The van der Waals surface area contributed by atoms with Crippen LogP contribution < -0.4 is 15.0 Å². The number of aromatic nitrogens is 3. The topological polar surface area (TPSA) is 67.3 Å². The van der Waals surface area contributed by atoms with E-state index in [0.717, 1.165) is 53.0 Å². The quantitative estimate of drug-likeness (QED) is 0.578. The average Bonchev–Trinajstić information content (AvgIpc) is 2.90. The van der Waals surface area contributed by atoms with Crippen LogP contribution >= 0.6 is 0 Å². The van der Waals surface area contributed by atoms with Crippen LogP contribution in [0.4, 0.5) is 5.82 Å². The lowest BCUT2D eigenvalue weighted by atomic mass is 10.2. The van der Waals surface area contributed by atoms with Crippen LogP contribution in [0.15, 0.2) is 24.5 Å². The summed E-state index contributed by atoms with van der Waals surface area (Å²) in [6.07, 6.45) is 2.71. The first-order chi connectivity index (χ1) is 11.2. The minimum atomic E-state index is 0.656. The number of quaternary nitrogens is 1. The summed E-state index contributed by atoms with van der Waals surface area (Å²) in [5, 5.41) is 4.48. The Balaban J connectivity index is 1.89. The Labute approximate surface area is 135 Å². The summed E-state index contributed by atoms with van der Waals surface area (Å²) in [5.74, 6) is 1.72. The highest BCUT2D eigenvalue weighted by molar-refractivity contribution is 6.08. The summed E-state index contributed by atoms with van der Waals surface area (Å²) in [6, 6.07) is 6.03. The van der Waals surface area contributed by atoms with Gasteiger partial charge in [-0.25, -0.2) is 9.97 Å². The van der Waals surface area contributed by atoms with Crippen molar-refractivity contribution in [2.75, 3.05) is 39.1 Å². The van der Waals surface area contributed by atoms with Crippen LogP contribution in [-0.4, -0.2) is 48.7 Å². The van der Waals surface area contributed by atoms with Crippen molar-refractivity contribution in [1.82, 2.24) is 15.0 Å². The van der Waals surface area contributed by atoms with Crippen LogP contribution in [0.1, 0.15) is 13.3 Å². The number of hydrogen-bond acceptors (Lipinski definition) is 4. The van der Waals surface area contributed by atoms with Crippen molar-refractivity contribution in [3.8, 4) is 5.75 Å². The van der Waals surface area contributed by atoms with Crippen molar-refractivity contribution in [3.05, 3.63) is 24.5 Å². The Hall–Kier alpha value is -2.34. The van der Waals surface area contributed by atoms with Gasteiger partial charge in [0.05, 0.1) is 27.2 Å². The molecule has 122 valence electrons. The van der Waals surface area contributed by atoms with Crippen LogP contribution in [-0.2, 0) is 0 Å². The first-order valence-corrected chi connectivity index (χ1v) is 8.11. The molecule has 1 aromatic carbocycles. The van der Waals surface area contributed by atoms with Crippen LogP contribution in [0, 0.1) is 0 Å². The van der Waals surface area contributed by atoms with Gasteiger partial charge in [0.2, 0.25) is 0 Å². The predicted octanol–water partition coefficient (Wildman–Crippen LogP) is 1.46. The lowest BCUT2D eigenvalue weighted by Gasteiger charge is -2.08. The van der Waals surface area contributed by atoms with E-state index < -0.39 is 0 Å². The van der Waals surface area contributed by atoms with E-state index in [-0.39, 0.29) is 0 Å². The normalized spacial score (nSPS) is 11.5. The first kappa shape index (κ1) is 15.6. The third kappa shape index (κ3) is 3.37. The minimum absolute atomic E-state index is 0.656. The van der Waals surface area contributed by atoms with E-state index in [1.807, 2.05) is 25.1 Å². The molecule has 3 N–H and O–H groups in total. The molecule has 6 heteroatoms. The Bertz CT molecular complexity index is 796. The van der Waals surface area contributed by atoms with Gasteiger partial charge >= 0.3 is 0 Å². The molecule has 0 aliphatic heterocycles. The Kier molecular flexibility index (Phi) is 4.62. The molecule has 0 atom stereocenters. The van der Waals surface area contributed by atoms with Crippen molar-refractivity contribution < 1.29 is 9.64 Å². The molecule has 0 bridgehead atoms. The second-order valence-corrected chi connectivity index (χ2v) is 5.95. The molecule has 0 saturated carbocycles. The van der Waals surface area contributed by atoms with E-state index in [2.05, 4.69) is 34.4 Å². The molecular weight excluding hydrogens is 290 g/mol. The highest BCUT2D eigenvalue weighted by Gasteiger charge is 2.11. The molecule has 23 heavy (non-hydrogen) atoms. The van der Waals surface area contributed by atoms with E-state index in [0.29, 0.717) is 6.61 Å². The third-order valence-electron chi connectivity index (χ3n) is 3.81. The number of anilines is 1. The van der Waals surface area contributed by atoms with Crippen LogP contribution in [0.3, 0.4) is 0 Å². The zero-order valence-corrected chi connectivity index (χ0v) is 13.9. The van der Waals surface area contributed by atoms with E-state index in [4.69, 9.17) is 4.74 Å². The van der Waals surface area contributed by atoms with Crippen LogP contribution in [0.25, 0.3) is 21.9 Å².